The number of amides is 1. The SMILES string of the molecule is CC=Cc1cncc(-c2ccc(NC(=O)C(C)(C)c3ccnc(NS(=O)(=O)C4CC4)n3)nc2)n1. The van der Waals surface area contributed by atoms with Crippen LogP contribution in [0.15, 0.2) is 49.1 Å². The fourth-order valence-corrected chi connectivity index (χ4v) is 4.40. The van der Waals surface area contributed by atoms with Gasteiger partial charge in [0.1, 0.15) is 5.82 Å². The number of nitrogens with zero attached hydrogens (tertiary/aromatic N) is 5. The molecule has 4 rings (SSSR count). The van der Waals surface area contributed by atoms with Crippen LogP contribution < -0.4 is 10.0 Å². The predicted octanol–water partition coefficient (Wildman–Crippen LogP) is 3.18. The minimum atomic E-state index is -3.50. The molecule has 0 aliphatic heterocycles. The number of anilines is 2. The number of rotatable bonds is 8. The van der Waals surface area contributed by atoms with Crippen LogP contribution in [0.1, 0.15) is 45.0 Å². The molecule has 0 spiro atoms. The van der Waals surface area contributed by atoms with Gasteiger partial charge in [0.05, 0.1) is 40.1 Å². The molecule has 0 radical (unpaired) electrons. The smallest absolute Gasteiger partial charge is 0.237 e. The Bertz CT molecular complexity index is 1330. The van der Waals surface area contributed by atoms with E-state index in [0.29, 0.717) is 30.0 Å². The number of pyridine rings is 1. The average molecular weight is 480 g/mol. The quantitative estimate of drug-likeness (QED) is 0.502. The van der Waals surface area contributed by atoms with Crippen molar-refractivity contribution >= 4 is 33.8 Å². The zero-order valence-electron chi connectivity index (χ0n) is 19.1. The first kappa shape index (κ1) is 23.4. The summed E-state index contributed by atoms with van der Waals surface area (Å²) in [6, 6.07) is 5.07. The maximum atomic E-state index is 13.0. The van der Waals surface area contributed by atoms with Crippen LogP contribution in [0.25, 0.3) is 17.3 Å². The van der Waals surface area contributed by atoms with Crippen molar-refractivity contribution in [3.8, 4) is 11.3 Å². The van der Waals surface area contributed by atoms with E-state index in [1.165, 1.54) is 6.20 Å². The Labute approximate surface area is 198 Å². The van der Waals surface area contributed by atoms with E-state index in [1.807, 2.05) is 19.1 Å². The van der Waals surface area contributed by atoms with E-state index in [2.05, 4.69) is 35.0 Å². The third-order valence-corrected chi connectivity index (χ3v) is 7.17. The Hall–Kier alpha value is -3.73. The Morgan fingerprint density at radius 2 is 1.88 bits per heavy atom. The van der Waals surface area contributed by atoms with Crippen molar-refractivity contribution in [3.05, 3.63) is 60.5 Å². The molecule has 10 nitrogen and oxygen atoms in total. The molecule has 34 heavy (non-hydrogen) atoms. The molecule has 1 fully saturated rings. The third kappa shape index (κ3) is 5.25. The topological polar surface area (TPSA) is 140 Å². The number of sulfonamides is 1. The summed E-state index contributed by atoms with van der Waals surface area (Å²) in [5.41, 5.74) is 1.47. The van der Waals surface area contributed by atoms with Gasteiger partial charge in [-0.3, -0.25) is 14.5 Å². The second-order valence-corrected chi connectivity index (χ2v) is 10.4. The number of carbonyl (C=O) groups excluding carboxylic acids is 1. The summed E-state index contributed by atoms with van der Waals surface area (Å²) in [6.07, 6.45) is 11.4. The van der Waals surface area contributed by atoms with E-state index in [4.69, 9.17) is 0 Å². The Kier molecular flexibility index (Phi) is 6.38. The molecular weight excluding hydrogens is 454 g/mol. The normalized spacial score (nSPS) is 14.2. The fraction of sp³-hybridized carbons (Fsp3) is 0.304. The first-order chi connectivity index (χ1) is 16.2. The van der Waals surface area contributed by atoms with E-state index in [0.717, 1.165) is 11.3 Å². The minimum absolute atomic E-state index is 0.0472. The van der Waals surface area contributed by atoms with Crippen LogP contribution in [0.3, 0.4) is 0 Å². The molecule has 2 N–H and O–H groups in total. The molecule has 0 aromatic carbocycles. The maximum Gasteiger partial charge on any atom is 0.237 e. The molecule has 11 heteroatoms. The molecule has 0 saturated heterocycles. The van der Waals surface area contributed by atoms with Crippen LogP contribution in [0.4, 0.5) is 11.8 Å². The lowest BCUT2D eigenvalue weighted by molar-refractivity contribution is -0.120. The summed E-state index contributed by atoms with van der Waals surface area (Å²) < 4.78 is 26.8. The van der Waals surface area contributed by atoms with Crippen LogP contribution in [0.5, 0.6) is 0 Å². The van der Waals surface area contributed by atoms with Gasteiger partial charge in [-0.15, -0.1) is 0 Å². The first-order valence-electron chi connectivity index (χ1n) is 10.8. The molecule has 3 aromatic heterocycles. The lowest BCUT2D eigenvalue weighted by Gasteiger charge is -2.23. The molecule has 176 valence electrons. The standard InChI is InChI=1S/C23H25N7O3S/c1-4-5-16-13-24-14-18(27-16)15-6-9-20(26-12-15)29-21(31)23(2,3)19-10-11-25-22(28-19)30-34(32,33)17-7-8-17/h4-6,9-14,17H,7-8H2,1-3H3,(H,25,28,30)(H,26,29,31). The lowest BCUT2D eigenvalue weighted by atomic mass is 9.88. The van der Waals surface area contributed by atoms with Crippen molar-refractivity contribution in [2.24, 2.45) is 0 Å². The van der Waals surface area contributed by atoms with Gasteiger partial charge in [0.25, 0.3) is 0 Å². The number of allylic oxidation sites excluding steroid dienone is 1. The molecule has 0 atom stereocenters. The lowest BCUT2D eigenvalue weighted by Crippen LogP contribution is -2.36. The monoisotopic (exact) mass is 479 g/mol. The van der Waals surface area contributed by atoms with Gasteiger partial charge in [-0.2, -0.15) is 0 Å². The second kappa shape index (κ2) is 9.26. The Morgan fingerprint density at radius 3 is 2.56 bits per heavy atom. The molecular formula is C23H25N7O3S. The molecule has 1 aliphatic carbocycles. The van der Waals surface area contributed by atoms with E-state index in [-0.39, 0.29) is 11.9 Å². The molecule has 0 unspecified atom stereocenters. The van der Waals surface area contributed by atoms with Crippen LogP contribution >= 0.6 is 0 Å². The first-order valence-corrected chi connectivity index (χ1v) is 12.3. The summed E-state index contributed by atoms with van der Waals surface area (Å²) in [4.78, 5) is 34.3. The highest BCUT2D eigenvalue weighted by Gasteiger charge is 2.37. The van der Waals surface area contributed by atoms with Crippen LogP contribution in [0.2, 0.25) is 0 Å². The van der Waals surface area contributed by atoms with Gasteiger partial charge in [0, 0.05) is 18.0 Å². The summed E-state index contributed by atoms with van der Waals surface area (Å²) in [6.45, 7) is 5.30. The number of aromatic nitrogens is 5. The summed E-state index contributed by atoms with van der Waals surface area (Å²) >= 11 is 0. The Morgan fingerprint density at radius 1 is 1.09 bits per heavy atom. The largest absolute Gasteiger partial charge is 0.310 e. The second-order valence-electron chi connectivity index (χ2n) is 8.45. The van der Waals surface area contributed by atoms with Gasteiger partial charge in [-0.05, 0) is 57.9 Å². The predicted molar refractivity (Wildman–Crippen MR) is 129 cm³/mol. The highest BCUT2D eigenvalue weighted by molar-refractivity contribution is 7.93. The zero-order valence-corrected chi connectivity index (χ0v) is 19.9. The molecule has 0 bridgehead atoms. The maximum absolute atomic E-state index is 13.0. The highest BCUT2D eigenvalue weighted by atomic mass is 32.2. The summed E-state index contributed by atoms with van der Waals surface area (Å²) in [5.74, 6) is -0.0329. The van der Waals surface area contributed by atoms with Gasteiger partial charge >= 0.3 is 0 Å². The molecule has 1 saturated carbocycles. The average Bonchev–Trinajstić information content (AvgIpc) is 3.66. The van der Waals surface area contributed by atoms with E-state index in [9.17, 15) is 13.2 Å². The van der Waals surface area contributed by atoms with Gasteiger partial charge < -0.3 is 5.32 Å². The highest BCUT2D eigenvalue weighted by Crippen LogP contribution is 2.30. The summed E-state index contributed by atoms with van der Waals surface area (Å²) in [7, 11) is -3.50. The van der Waals surface area contributed by atoms with Gasteiger partial charge in [-0.25, -0.2) is 28.4 Å². The Balaban J connectivity index is 1.47. The zero-order chi connectivity index (χ0) is 24.3. The van der Waals surface area contributed by atoms with Gasteiger partial charge in [0.2, 0.25) is 21.9 Å². The number of nitrogens with one attached hydrogen (secondary N) is 2. The van der Waals surface area contributed by atoms with Crippen molar-refractivity contribution < 1.29 is 13.2 Å². The third-order valence-electron chi connectivity index (χ3n) is 5.35. The van der Waals surface area contributed by atoms with Crippen LogP contribution in [-0.4, -0.2) is 44.5 Å². The van der Waals surface area contributed by atoms with Crippen LogP contribution in [0, 0.1) is 0 Å². The van der Waals surface area contributed by atoms with Crippen molar-refractivity contribution in [1.82, 2.24) is 24.9 Å². The van der Waals surface area contributed by atoms with Crippen LogP contribution in [-0.2, 0) is 20.2 Å². The van der Waals surface area contributed by atoms with E-state index >= 15 is 0 Å². The van der Waals surface area contributed by atoms with Crippen molar-refractivity contribution in [2.75, 3.05) is 10.0 Å². The number of hydrogen-bond donors (Lipinski definition) is 2. The van der Waals surface area contributed by atoms with E-state index < -0.39 is 20.7 Å². The minimum Gasteiger partial charge on any atom is -0.310 e. The summed E-state index contributed by atoms with van der Waals surface area (Å²) in [5, 5.41) is 2.39. The van der Waals surface area contributed by atoms with Gasteiger partial charge in [0.15, 0.2) is 0 Å². The van der Waals surface area contributed by atoms with Crippen molar-refractivity contribution in [2.45, 2.75) is 44.3 Å². The van der Waals surface area contributed by atoms with Crippen molar-refractivity contribution in [3.63, 3.8) is 0 Å². The molecule has 1 amide bonds. The molecule has 3 heterocycles. The van der Waals surface area contributed by atoms with Gasteiger partial charge in [-0.1, -0.05) is 6.08 Å². The molecule has 1 aliphatic rings. The van der Waals surface area contributed by atoms with Crippen molar-refractivity contribution in [1.29, 1.82) is 0 Å². The fourth-order valence-electron chi connectivity index (χ4n) is 3.12. The number of carbonyl (C=O) groups is 1. The van der Waals surface area contributed by atoms with E-state index in [1.54, 1.807) is 50.6 Å². The number of hydrogen-bond acceptors (Lipinski definition) is 8. The molecule has 3 aromatic rings.